The molecule has 0 saturated heterocycles. The van der Waals surface area contributed by atoms with Crippen LogP contribution in [0.25, 0.3) is 0 Å². The summed E-state index contributed by atoms with van der Waals surface area (Å²) >= 11 is 1.63. The lowest BCUT2D eigenvalue weighted by Gasteiger charge is -2.30. The predicted octanol–water partition coefficient (Wildman–Crippen LogP) is 2.31. The summed E-state index contributed by atoms with van der Waals surface area (Å²) in [4.78, 5) is 13.1. The second kappa shape index (κ2) is 6.90. The zero-order chi connectivity index (χ0) is 12.8. The third kappa shape index (κ3) is 3.82. The highest BCUT2D eigenvalue weighted by Gasteiger charge is 2.23. The van der Waals surface area contributed by atoms with Crippen molar-refractivity contribution in [2.45, 2.75) is 44.6 Å². The molecule has 1 unspecified atom stereocenters. The van der Waals surface area contributed by atoms with Gasteiger partial charge in [0.25, 0.3) is 0 Å². The Hall–Kier alpha value is -0.870. The molecule has 0 radical (unpaired) electrons. The first-order valence-corrected chi connectivity index (χ1v) is 7.69. The van der Waals surface area contributed by atoms with Crippen LogP contribution in [-0.4, -0.2) is 18.5 Å². The van der Waals surface area contributed by atoms with E-state index in [0.717, 1.165) is 4.88 Å². The molecule has 0 bridgehead atoms. The topological polar surface area (TPSA) is 55.1 Å². The highest BCUT2D eigenvalue weighted by molar-refractivity contribution is 7.10. The van der Waals surface area contributed by atoms with Gasteiger partial charge in [0, 0.05) is 17.5 Å². The molecule has 4 heteroatoms. The lowest BCUT2D eigenvalue weighted by Crippen LogP contribution is -2.46. The normalized spacial score (nSPS) is 18.5. The monoisotopic (exact) mass is 266 g/mol. The second-order valence-corrected chi connectivity index (χ2v) is 6.10. The maximum atomic E-state index is 12.0. The molecule has 2 rings (SSSR count). The Labute approximate surface area is 113 Å². The first kappa shape index (κ1) is 13.6. The summed E-state index contributed by atoms with van der Waals surface area (Å²) in [6, 6.07) is 4.15. The molecule has 1 aromatic heterocycles. The molecule has 100 valence electrons. The summed E-state index contributed by atoms with van der Waals surface area (Å²) in [6.07, 6.45) is 6.80. The number of amides is 1. The number of thiophene rings is 1. The largest absolute Gasteiger partial charge is 0.352 e. The molecule has 1 aliphatic rings. The fraction of sp³-hybridized carbons (Fsp3) is 0.643. The number of hydrogen-bond donors (Lipinski definition) is 2. The van der Waals surface area contributed by atoms with Crippen molar-refractivity contribution in [2.24, 2.45) is 11.7 Å². The minimum absolute atomic E-state index is 0.110. The van der Waals surface area contributed by atoms with Gasteiger partial charge in [-0.3, -0.25) is 4.79 Å². The van der Waals surface area contributed by atoms with Crippen LogP contribution in [0.4, 0.5) is 0 Å². The van der Waals surface area contributed by atoms with Gasteiger partial charge < -0.3 is 11.1 Å². The van der Waals surface area contributed by atoms with E-state index in [9.17, 15) is 4.79 Å². The van der Waals surface area contributed by atoms with Crippen molar-refractivity contribution < 1.29 is 4.79 Å². The fourth-order valence-corrected chi connectivity index (χ4v) is 3.44. The van der Waals surface area contributed by atoms with E-state index in [2.05, 4.69) is 5.32 Å². The van der Waals surface area contributed by atoms with E-state index in [1.54, 1.807) is 11.3 Å². The van der Waals surface area contributed by atoms with Crippen molar-refractivity contribution in [2.75, 3.05) is 6.54 Å². The Morgan fingerprint density at radius 2 is 2.22 bits per heavy atom. The van der Waals surface area contributed by atoms with Gasteiger partial charge in [0.15, 0.2) is 0 Å². The van der Waals surface area contributed by atoms with Gasteiger partial charge in [-0.15, -0.1) is 11.3 Å². The number of carbonyl (C=O) groups is 1. The van der Waals surface area contributed by atoms with Crippen LogP contribution in [0, 0.1) is 5.92 Å². The van der Waals surface area contributed by atoms with Gasteiger partial charge >= 0.3 is 0 Å². The van der Waals surface area contributed by atoms with Crippen LogP contribution in [0.2, 0.25) is 0 Å². The molecule has 0 spiro atoms. The highest BCUT2D eigenvalue weighted by atomic mass is 32.1. The molecule has 1 heterocycles. The number of carbonyl (C=O) groups excluding carboxylic acids is 1. The van der Waals surface area contributed by atoms with Gasteiger partial charge in [0.1, 0.15) is 0 Å². The third-order valence-corrected chi connectivity index (χ3v) is 4.61. The maximum Gasteiger partial charge on any atom is 0.225 e. The molecule has 3 N–H and O–H groups in total. The summed E-state index contributed by atoms with van der Waals surface area (Å²) in [6.45, 7) is 0.556. The lowest BCUT2D eigenvalue weighted by atomic mass is 9.84. The molecular weight excluding hydrogens is 244 g/mol. The summed E-state index contributed by atoms with van der Waals surface area (Å²) in [5.41, 5.74) is 5.81. The van der Waals surface area contributed by atoms with Crippen LogP contribution in [0.15, 0.2) is 17.5 Å². The maximum absolute atomic E-state index is 12.0. The highest BCUT2D eigenvalue weighted by Crippen LogP contribution is 2.26. The number of hydrogen-bond acceptors (Lipinski definition) is 3. The van der Waals surface area contributed by atoms with Crippen LogP contribution >= 0.6 is 11.3 Å². The standard InChI is InChI=1S/C14H22N2OS/c15-10-13(11-5-2-1-3-6-11)16-14(17)9-12-7-4-8-18-12/h4,7-8,11,13H,1-3,5-6,9-10,15H2,(H,16,17). The van der Waals surface area contributed by atoms with Gasteiger partial charge in [0.05, 0.1) is 6.42 Å². The van der Waals surface area contributed by atoms with E-state index >= 15 is 0 Å². The van der Waals surface area contributed by atoms with E-state index in [-0.39, 0.29) is 11.9 Å². The van der Waals surface area contributed by atoms with Crippen molar-refractivity contribution in [3.8, 4) is 0 Å². The number of nitrogens with two attached hydrogens (primary N) is 1. The quantitative estimate of drug-likeness (QED) is 0.859. The summed E-state index contributed by atoms with van der Waals surface area (Å²) < 4.78 is 0. The molecule has 1 fully saturated rings. The molecule has 3 nitrogen and oxygen atoms in total. The van der Waals surface area contributed by atoms with Crippen LogP contribution in [0.3, 0.4) is 0 Å². The average Bonchev–Trinajstić information content (AvgIpc) is 2.90. The van der Waals surface area contributed by atoms with E-state index in [1.807, 2.05) is 17.5 Å². The van der Waals surface area contributed by atoms with E-state index in [1.165, 1.54) is 32.1 Å². The lowest BCUT2D eigenvalue weighted by molar-refractivity contribution is -0.121. The zero-order valence-electron chi connectivity index (χ0n) is 10.7. The molecule has 1 aromatic rings. The van der Waals surface area contributed by atoms with Crippen molar-refractivity contribution in [3.05, 3.63) is 22.4 Å². The van der Waals surface area contributed by atoms with E-state index in [0.29, 0.717) is 18.9 Å². The number of nitrogens with one attached hydrogen (secondary N) is 1. The van der Waals surface area contributed by atoms with Gasteiger partial charge in [-0.1, -0.05) is 25.3 Å². The molecule has 1 saturated carbocycles. The van der Waals surface area contributed by atoms with Crippen molar-refractivity contribution in [3.63, 3.8) is 0 Å². The van der Waals surface area contributed by atoms with Crippen LogP contribution in [-0.2, 0) is 11.2 Å². The van der Waals surface area contributed by atoms with Gasteiger partial charge in [-0.25, -0.2) is 0 Å². The SMILES string of the molecule is NCC(NC(=O)Cc1cccs1)C1CCCCC1. The Kier molecular flexibility index (Phi) is 5.20. The second-order valence-electron chi connectivity index (χ2n) is 5.06. The Morgan fingerprint density at radius 1 is 1.44 bits per heavy atom. The molecule has 1 amide bonds. The summed E-state index contributed by atoms with van der Waals surface area (Å²) in [7, 11) is 0. The first-order valence-electron chi connectivity index (χ1n) is 6.81. The van der Waals surface area contributed by atoms with E-state index in [4.69, 9.17) is 5.73 Å². The zero-order valence-corrected chi connectivity index (χ0v) is 11.5. The molecule has 18 heavy (non-hydrogen) atoms. The first-order chi connectivity index (χ1) is 8.79. The summed E-state index contributed by atoms with van der Waals surface area (Å²) in [5, 5.41) is 5.12. The van der Waals surface area contributed by atoms with Gasteiger partial charge in [-0.05, 0) is 30.2 Å². The van der Waals surface area contributed by atoms with Gasteiger partial charge in [-0.2, -0.15) is 0 Å². The third-order valence-electron chi connectivity index (χ3n) is 3.73. The minimum Gasteiger partial charge on any atom is -0.352 e. The van der Waals surface area contributed by atoms with E-state index < -0.39 is 0 Å². The minimum atomic E-state index is 0.110. The Bertz CT molecular complexity index is 358. The molecule has 0 aromatic carbocycles. The molecule has 0 aliphatic heterocycles. The van der Waals surface area contributed by atoms with Crippen molar-refractivity contribution in [1.82, 2.24) is 5.32 Å². The van der Waals surface area contributed by atoms with Crippen LogP contribution < -0.4 is 11.1 Å². The van der Waals surface area contributed by atoms with Gasteiger partial charge in [0.2, 0.25) is 5.91 Å². The van der Waals surface area contributed by atoms with Crippen LogP contribution in [0.5, 0.6) is 0 Å². The van der Waals surface area contributed by atoms with Crippen molar-refractivity contribution in [1.29, 1.82) is 0 Å². The van der Waals surface area contributed by atoms with Crippen molar-refractivity contribution >= 4 is 17.2 Å². The number of rotatable bonds is 5. The fourth-order valence-electron chi connectivity index (χ4n) is 2.73. The van der Waals surface area contributed by atoms with Crippen LogP contribution in [0.1, 0.15) is 37.0 Å². The predicted molar refractivity (Wildman–Crippen MR) is 75.6 cm³/mol. The molecular formula is C14H22N2OS. The summed E-state index contributed by atoms with van der Waals surface area (Å²) in [5.74, 6) is 0.689. The Morgan fingerprint density at radius 3 is 2.83 bits per heavy atom. The molecule has 1 aliphatic carbocycles. The smallest absolute Gasteiger partial charge is 0.225 e. The molecule has 1 atom stereocenters. The Balaban J connectivity index is 1.83. The average molecular weight is 266 g/mol.